The van der Waals surface area contributed by atoms with E-state index in [2.05, 4.69) is 4.90 Å². The van der Waals surface area contributed by atoms with Crippen LogP contribution in [0.4, 0.5) is 4.39 Å². The van der Waals surface area contributed by atoms with Gasteiger partial charge < -0.3 is 0 Å². The third kappa shape index (κ3) is 4.38. The smallest absolute Gasteiger partial charge is 0.148 e. The summed E-state index contributed by atoms with van der Waals surface area (Å²) >= 11 is 0. The van der Waals surface area contributed by atoms with E-state index in [1.54, 1.807) is 12.1 Å². The summed E-state index contributed by atoms with van der Waals surface area (Å²) in [6.45, 7) is 1.25. The first-order chi connectivity index (χ1) is 8.44. The summed E-state index contributed by atoms with van der Waals surface area (Å²) in [5.41, 5.74) is 1.02. The molecule has 0 atom stereocenters. The first-order valence-electron chi connectivity index (χ1n) is 6.10. The van der Waals surface area contributed by atoms with Crippen LogP contribution in [0.3, 0.4) is 0 Å². The molecule has 2 rings (SSSR count). The summed E-state index contributed by atoms with van der Waals surface area (Å²) in [5.74, 6) is -0.0575. The van der Waals surface area contributed by atoms with Crippen LogP contribution >= 0.6 is 0 Å². The third-order valence-electron chi connectivity index (χ3n) is 3.11. The summed E-state index contributed by atoms with van der Waals surface area (Å²) < 4.78 is 35.2. The Bertz CT molecular complexity index is 494. The Hall–Kier alpha value is -0.940. The van der Waals surface area contributed by atoms with Gasteiger partial charge in [0.15, 0.2) is 0 Å². The Morgan fingerprint density at radius 2 is 1.89 bits per heavy atom. The molecule has 100 valence electrons. The maximum absolute atomic E-state index is 12.8. The van der Waals surface area contributed by atoms with Crippen molar-refractivity contribution in [3.63, 3.8) is 0 Å². The van der Waals surface area contributed by atoms with Crippen molar-refractivity contribution in [1.82, 2.24) is 4.90 Å². The fourth-order valence-electron chi connectivity index (χ4n) is 1.94. The lowest BCUT2D eigenvalue weighted by molar-refractivity contribution is 0.270. The molecule has 0 saturated heterocycles. The molecule has 3 nitrogen and oxygen atoms in total. The van der Waals surface area contributed by atoms with Crippen LogP contribution in [0, 0.1) is 5.82 Å². The normalized spacial score (nSPS) is 16.2. The van der Waals surface area contributed by atoms with E-state index >= 15 is 0 Å². The highest BCUT2D eigenvalue weighted by Crippen LogP contribution is 2.28. The number of hydrogen-bond acceptors (Lipinski definition) is 3. The SMILES string of the molecule is CS(=O)(=O)CCN(Cc1ccc(F)cc1)C1CC1. The molecule has 0 amide bonds. The van der Waals surface area contributed by atoms with E-state index in [1.807, 2.05) is 0 Å². The maximum Gasteiger partial charge on any atom is 0.148 e. The average Bonchev–Trinajstić information content (AvgIpc) is 3.09. The van der Waals surface area contributed by atoms with Crippen molar-refractivity contribution < 1.29 is 12.8 Å². The topological polar surface area (TPSA) is 37.4 Å². The molecule has 1 aliphatic carbocycles. The van der Waals surface area contributed by atoms with Crippen molar-refractivity contribution in [3.8, 4) is 0 Å². The molecule has 18 heavy (non-hydrogen) atoms. The molecular weight excluding hydrogens is 253 g/mol. The molecule has 5 heteroatoms. The van der Waals surface area contributed by atoms with Crippen molar-refractivity contribution >= 4 is 9.84 Å². The summed E-state index contributed by atoms with van der Waals surface area (Å²) in [5, 5.41) is 0. The van der Waals surface area contributed by atoms with Gasteiger partial charge in [0.1, 0.15) is 15.7 Å². The Morgan fingerprint density at radius 1 is 1.28 bits per heavy atom. The fourth-order valence-corrected chi connectivity index (χ4v) is 2.50. The number of rotatable bonds is 6. The van der Waals surface area contributed by atoms with Crippen molar-refractivity contribution in [3.05, 3.63) is 35.6 Å². The van der Waals surface area contributed by atoms with Crippen molar-refractivity contribution in [2.75, 3.05) is 18.6 Å². The lowest BCUT2D eigenvalue weighted by atomic mass is 10.2. The van der Waals surface area contributed by atoms with Gasteiger partial charge in [-0.3, -0.25) is 4.90 Å². The van der Waals surface area contributed by atoms with Crippen molar-refractivity contribution in [1.29, 1.82) is 0 Å². The molecule has 0 aliphatic heterocycles. The zero-order valence-electron chi connectivity index (χ0n) is 10.5. The Kier molecular flexibility index (Phi) is 4.02. The molecule has 0 bridgehead atoms. The Morgan fingerprint density at radius 3 is 2.39 bits per heavy atom. The van der Waals surface area contributed by atoms with E-state index in [0.29, 0.717) is 19.1 Å². The molecule has 0 unspecified atom stereocenters. The van der Waals surface area contributed by atoms with Gasteiger partial charge in [-0.1, -0.05) is 12.1 Å². The van der Waals surface area contributed by atoms with Gasteiger partial charge in [-0.05, 0) is 30.5 Å². The van der Waals surface area contributed by atoms with E-state index in [0.717, 1.165) is 18.4 Å². The van der Waals surface area contributed by atoms with Gasteiger partial charge in [-0.15, -0.1) is 0 Å². The lowest BCUT2D eigenvalue weighted by Gasteiger charge is -2.21. The number of hydrogen-bond donors (Lipinski definition) is 0. The molecule has 1 saturated carbocycles. The molecule has 0 radical (unpaired) electrons. The van der Waals surface area contributed by atoms with Crippen LogP contribution in [0.2, 0.25) is 0 Å². The molecule has 0 spiro atoms. The highest BCUT2D eigenvalue weighted by atomic mass is 32.2. The summed E-state index contributed by atoms with van der Waals surface area (Å²) in [7, 11) is -2.93. The van der Waals surface area contributed by atoms with E-state index < -0.39 is 9.84 Å². The third-order valence-corrected chi connectivity index (χ3v) is 4.04. The molecule has 0 aromatic heterocycles. The second-order valence-corrected chi connectivity index (χ2v) is 7.22. The zero-order valence-corrected chi connectivity index (χ0v) is 11.3. The second-order valence-electron chi connectivity index (χ2n) is 4.96. The van der Waals surface area contributed by atoms with E-state index in [9.17, 15) is 12.8 Å². The monoisotopic (exact) mass is 271 g/mol. The fraction of sp³-hybridized carbons (Fsp3) is 0.538. The molecule has 0 N–H and O–H groups in total. The minimum atomic E-state index is -2.93. The van der Waals surface area contributed by atoms with Crippen molar-refractivity contribution in [2.45, 2.75) is 25.4 Å². The number of sulfone groups is 1. The van der Waals surface area contributed by atoms with Gasteiger partial charge >= 0.3 is 0 Å². The molecule has 1 aromatic carbocycles. The quantitative estimate of drug-likeness (QED) is 0.792. The number of benzene rings is 1. The number of nitrogens with zero attached hydrogens (tertiary/aromatic N) is 1. The standard InChI is InChI=1S/C13H18FNO2S/c1-18(16,17)9-8-15(13-6-7-13)10-11-2-4-12(14)5-3-11/h2-5,13H,6-10H2,1H3. The van der Waals surface area contributed by atoms with E-state index in [-0.39, 0.29) is 11.6 Å². The van der Waals surface area contributed by atoms with Crippen LogP contribution < -0.4 is 0 Å². The molecule has 1 fully saturated rings. The summed E-state index contributed by atoms with van der Waals surface area (Å²) in [4.78, 5) is 2.17. The molecule has 1 aromatic rings. The largest absolute Gasteiger partial charge is 0.295 e. The van der Waals surface area contributed by atoms with Gasteiger partial charge in [-0.2, -0.15) is 0 Å². The average molecular weight is 271 g/mol. The predicted octanol–water partition coefficient (Wildman–Crippen LogP) is 1.83. The lowest BCUT2D eigenvalue weighted by Crippen LogP contribution is -2.30. The minimum Gasteiger partial charge on any atom is -0.295 e. The molecule has 1 aliphatic rings. The second kappa shape index (κ2) is 5.36. The van der Waals surface area contributed by atoms with E-state index in [4.69, 9.17) is 0 Å². The predicted molar refractivity (Wildman–Crippen MR) is 69.5 cm³/mol. The minimum absolute atomic E-state index is 0.185. The molecular formula is C13H18FNO2S. The Labute approximate surface area is 108 Å². The zero-order chi connectivity index (χ0) is 13.2. The van der Waals surface area contributed by atoms with Gasteiger partial charge in [0.2, 0.25) is 0 Å². The van der Waals surface area contributed by atoms with Crippen LogP contribution in [-0.2, 0) is 16.4 Å². The first kappa shape index (κ1) is 13.5. The van der Waals surface area contributed by atoms with E-state index in [1.165, 1.54) is 18.4 Å². The Balaban J connectivity index is 1.96. The van der Waals surface area contributed by atoms with Gasteiger partial charge in [-0.25, -0.2) is 12.8 Å². The maximum atomic E-state index is 12.8. The van der Waals surface area contributed by atoms with Crippen LogP contribution in [0.1, 0.15) is 18.4 Å². The summed E-state index contributed by atoms with van der Waals surface area (Å²) in [6, 6.07) is 6.89. The first-order valence-corrected chi connectivity index (χ1v) is 8.16. The molecule has 0 heterocycles. The number of halogens is 1. The van der Waals surface area contributed by atoms with Crippen LogP contribution in [-0.4, -0.2) is 37.9 Å². The van der Waals surface area contributed by atoms with Gasteiger partial charge in [0.25, 0.3) is 0 Å². The van der Waals surface area contributed by atoms with Crippen LogP contribution in [0.25, 0.3) is 0 Å². The van der Waals surface area contributed by atoms with Crippen molar-refractivity contribution in [2.24, 2.45) is 0 Å². The van der Waals surface area contributed by atoms with Crippen LogP contribution in [0.15, 0.2) is 24.3 Å². The highest BCUT2D eigenvalue weighted by molar-refractivity contribution is 7.90. The van der Waals surface area contributed by atoms with Gasteiger partial charge in [0.05, 0.1) is 5.75 Å². The van der Waals surface area contributed by atoms with Crippen LogP contribution in [0.5, 0.6) is 0 Å². The van der Waals surface area contributed by atoms with Gasteiger partial charge in [0, 0.05) is 25.4 Å². The summed E-state index contributed by atoms with van der Waals surface area (Å²) in [6.07, 6.45) is 3.52. The highest BCUT2D eigenvalue weighted by Gasteiger charge is 2.29.